The van der Waals surface area contributed by atoms with Crippen LogP contribution in [0.2, 0.25) is 0 Å². The third-order valence-corrected chi connectivity index (χ3v) is 9.01. The van der Waals surface area contributed by atoms with E-state index in [1.54, 1.807) is 6.92 Å². The summed E-state index contributed by atoms with van der Waals surface area (Å²) in [6.45, 7) is 2.89. The highest BCUT2D eigenvalue weighted by atomic mass is 32.2. The number of benzene rings is 1. The standard InChI is InChI=1S/C25H31F6N5O3S/c1-2-20(35-40(38,39)25(29,30)31)15-3-6-18(7-4-15)36-12-17(13-36)34-23(37)10-9-22-19-11-16(24(26,27)28)5-8-21(19)32-14-33-22/h5,8,11,14-15,17-18,20,35H,2-4,6-7,9-10,12-13H2,1H3,(H,34,37). The van der Waals surface area contributed by atoms with Gasteiger partial charge in [0.25, 0.3) is 0 Å². The van der Waals surface area contributed by atoms with E-state index in [2.05, 4.69) is 20.2 Å². The molecule has 1 aliphatic heterocycles. The van der Waals surface area contributed by atoms with Gasteiger partial charge in [-0.3, -0.25) is 9.69 Å². The molecule has 1 aromatic carbocycles. The summed E-state index contributed by atoms with van der Waals surface area (Å²) in [7, 11) is -5.39. The van der Waals surface area contributed by atoms with Crippen LogP contribution >= 0.6 is 0 Å². The topological polar surface area (TPSA) is 104 Å². The van der Waals surface area contributed by atoms with Gasteiger partial charge in [0.05, 0.1) is 22.8 Å². The molecule has 2 heterocycles. The van der Waals surface area contributed by atoms with Gasteiger partial charge in [0.2, 0.25) is 5.91 Å². The maximum absolute atomic E-state index is 13.1. The summed E-state index contributed by atoms with van der Waals surface area (Å²) in [5.41, 5.74) is -5.42. The Morgan fingerprint density at radius 2 is 1.75 bits per heavy atom. The second-order valence-corrected chi connectivity index (χ2v) is 12.1. The van der Waals surface area contributed by atoms with Crippen LogP contribution in [0.3, 0.4) is 0 Å². The van der Waals surface area contributed by atoms with E-state index in [4.69, 9.17) is 0 Å². The Bertz CT molecular complexity index is 1310. The van der Waals surface area contributed by atoms with Crippen LogP contribution in [-0.2, 0) is 27.4 Å². The van der Waals surface area contributed by atoms with Gasteiger partial charge in [-0.05, 0) is 62.6 Å². The lowest BCUT2D eigenvalue weighted by molar-refractivity contribution is -0.137. The maximum Gasteiger partial charge on any atom is 0.511 e. The third kappa shape index (κ3) is 7.03. The number of aromatic nitrogens is 2. The van der Waals surface area contributed by atoms with Crippen molar-refractivity contribution >= 4 is 26.8 Å². The van der Waals surface area contributed by atoms with E-state index in [0.29, 0.717) is 37.1 Å². The summed E-state index contributed by atoms with van der Waals surface area (Å²) in [6.07, 6.45) is -0.144. The second-order valence-electron chi connectivity index (χ2n) is 10.4. The number of fused-ring (bicyclic) bond motifs is 1. The predicted octanol–water partition coefficient (Wildman–Crippen LogP) is 4.16. The molecule has 0 spiro atoms. The number of alkyl halides is 6. The molecule has 2 aliphatic rings. The molecule has 2 aromatic rings. The molecule has 1 saturated carbocycles. The molecule has 1 atom stereocenters. The normalized spacial score (nSPS) is 22.2. The first-order valence-corrected chi connectivity index (χ1v) is 14.6. The molecule has 1 amide bonds. The summed E-state index contributed by atoms with van der Waals surface area (Å²) in [6, 6.07) is 2.58. The van der Waals surface area contributed by atoms with Gasteiger partial charge in [-0.2, -0.15) is 26.3 Å². The second kappa shape index (κ2) is 11.8. The summed E-state index contributed by atoms with van der Waals surface area (Å²) in [5, 5.41) is 3.18. The Morgan fingerprint density at radius 3 is 2.35 bits per heavy atom. The molecule has 1 saturated heterocycles. The number of amides is 1. The van der Waals surface area contributed by atoms with Crippen LogP contribution in [0.4, 0.5) is 26.3 Å². The van der Waals surface area contributed by atoms with Gasteiger partial charge in [0.15, 0.2) is 0 Å². The Kier molecular flexibility index (Phi) is 8.95. The number of likely N-dealkylation sites (tertiary alicyclic amines) is 1. The zero-order valence-corrected chi connectivity index (χ0v) is 22.5. The van der Waals surface area contributed by atoms with Crippen molar-refractivity contribution in [3.8, 4) is 0 Å². The fourth-order valence-electron chi connectivity index (χ4n) is 5.57. The average Bonchev–Trinajstić information content (AvgIpc) is 2.86. The number of hydrogen-bond donors (Lipinski definition) is 2. The van der Waals surface area contributed by atoms with Crippen LogP contribution in [0, 0.1) is 5.92 Å². The van der Waals surface area contributed by atoms with Crippen LogP contribution in [0.25, 0.3) is 10.9 Å². The molecule has 40 heavy (non-hydrogen) atoms. The Labute approximate surface area is 228 Å². The average molecular weight is 596 g/mol. The number of carbonyl (C=O) groups excluding carboxylic acids is 1. The Morgan fingerprint density at radius 1 is 1.07 bits per heavy atom. The van der Waals surface area contributed by atoms with E-state index in [-0.39, 0.29) is 48.6 Å². The molecule has 1 aromatic heterocycles. The van der Waals surface area contributed by atoms with E-state index < -0.39 is 33.3 Å². The number of sulfonamides is 1. The summed E-state index contributed by atoms with van der Waals surface area (Å²) in [5.74, 6) is -0.421. The van der Waals surface area contributed by atoms with Crippen LogP contribution in [0.5, 0.6) is 0 Å². The van der Waals surface area contributed by atoms with Crippen LogP contribution in [-0.4, -0.2) is 65.9 Å². The van der Waals surface area contributed by atoms with E-state index in [9.17, 15) is 39.6 Å². The minimum atomic E-state index is -5.39. The lowest BCUT2D eigenvalue weighted by Crippen LogP contribution is -2.62. The SMILES string of the molecule is CCC(NS(=O)(=O)C(F)(F)F)C1CCC(N2CC(NC(=O)CCc3ncnc4ccc(C(F)(F)F)cc34)C2)CC1. The molecule has 0 radical (unpaired) electrons. The van der Waals surface area contributed by atoms with Crippen molar-refractivity contribution in [1.29, 1.82) is 0 Å². The highest BCUT2D eigenvalue weighted by Gasteiger charge is 2.47. The molecule has 15 heteroatoms. The first-order valence-electron chi connectivity index (χ1n) is 13.1. The zero-order chi connectivity index (χ0) is 29.3. The molecule has 2 fully saturated rings. The molecule has 1 aliphatic carbocycles. The van der Waals surface area contributed by atoms with Gasteiger partial charge in [-0.15, -0.1) is 0 Å². The first kappa shape index (κ1) is 30.4. The monoisotopic (exact) mass is 595 g/mol. The van der Waals surface area contributed by atoms with E-state index in [1.165, 1.54) is 12.4 Å². The quantitative estimate of drug-likeness (QED) is 0.422. The van der Waals surface area contributed by atoms with Crippen LogP contribution < -0.4 is 10.0 Å². The molecule has 2 N–H and O–H groups in total. The number of hydrogen-bond acceptors (Lipinski definition) is 6. The van der Waals surface area contributed by atoms with E-state index in [1.807, 2.05) is 4.72 Å². The molecular formula is C25H31F6N5O3S. The largest absolute Gasteiger partial charge is 0.511 e. The van der Waals surface area contributed by atoms with Crippen molar-refractivity contribution < 1.29 is 39.6 Å². The van der Waals surface area contributed by atoms with Crippen LogP contribution in [0.1, 0.15) is 56.7 Å². The lowest BCUT2D eigenvalue weighted by atomic mass is 9.79. The Balaban J connectivity index is 1.22. The molecule has 1 unspecified atom stereocenters. The van der Waals surface area contributed by atoms with Crippen molar-refractivity contribution in [2.75, 3.05) is 13.1 Å². The fourth-order valence-corrected chi connectivity index (χ4v) is 6.46. The summed E-state index contributed by atoms with van der Waals surface area (Å²) < 4.78 is 103. The molecular weight excluding hydrogens is 564 g/mol. The summed E-state index contributed by atoms with van der Waals surface area (Å²) >= 11 is 0. The number of aryl methyl sites for hydroxylation is 1. The van der Waals surface area contributed by atoms with Crippen molar-refractivity contribution in [2.45, 2.75) is 81.7 Å². The van der Waals surface area contributed by atoms with Crippen molar-refractivity contribution in [3.05, 3.63) is 35.8 Å². The molecule has 222 valence electrons. The molecule has 4 rings (SSSR count). The van der Waals surface area contributed by atoms with Crippen molar-refractivity contribution in [1.82, 2.24) is 24.9 Å². The zero-order valence-electron chi connectivity index (χ0n) is 21.7. The number of nitrogens with zero attached hydrogens (tertiary/aromatic N) is 3. The Hall–Kier alpha value is -2.52. The van der Waals surface area contributed by atoms with Gasteiger partial charge in [0.1, 0.15) is 6.33 Å². The molecule has 0 bridgehead atoms. The smallest absolute Gasteiger partial charge is 0.351 e. The summed E-state index contributed by atoms with van der Waals surface area (Å²) in [4.78, 5) is 22.8. The highest BCUT2D eigenvalue weighted by Crippen LogP contribution is 2.34. The van der Waals surface area contributed by atoms with Gasteiger partial charge >= 0.3 is 21.7 Å². The lowest BCUT2D eigenvalue weighted by Gasteiger charge is -2.47. The maximum atomic E-state index is 13.1. The van der Waals surface area contributed by atoms with Gasteiger partial charge in [0, 0.05) is 37.0 Å². The first-order chi connectivity index (χ1) is 18.7. The van der Waals surface area contributed by atoms with Crippen molar-refractivity contribution in [2.24, 2.45) is 5.92 Å². The number of carbonyl (C=O) groups is 1. The third-order valence-electron chi connectivity index (χ3n) is 7.79. The fraction of sp³-hybridized carbons (Fsp3) is 0.640. The highest BCUT2D eigenvalue weighted by molar-refractivity contribution is 7.90. The predicted molar refractivity (Wildman–Crippen MR) is 134 cm³/mol. The molecule has 8 nitrogen and oxygen atoms in total. The van der Waals surface area contributed by atoms with Gasteiger partial charge in [-0.25, -0.2) is 23.1 Å². The van der Waals surface area contributed by atoms with E-state index >= 15 is 0 Å². The van der Waals surface area contributed by atoms with Crippen molar-refractivity contribution in [3.63, 3.8) is 0 Å². The minimum Gasteiger partial charge on any atom is -0.351 e. The number of rotatable bonds is 9. The van der Waals surface area contributed by atoms with Gasteiger partial charge in [-0.1, -0.05) is 6.92 Å². The van der Waals surface area contributed by atoms with E-state index in [0.717, 1.165) is 25.0 Å². The number of halogens is 6. The number of nitrogens with one attached hydrogen (secondary N) is 2. The van der Waals surface area contributed by atoms with Gasteiger partial charge < -0.3 is 5.32 Å². The van der Waals surface area contributed by atoms with Crippen LogP contribution in [0.15, 0.2) is 24.5 Å². The minimum absolute atomic E-state index is 0.0518.